The molecule has 0 unspecified atom stereocenters. The average molecular weight is 391 g/mol. The Morgan fingerprint density at radius 1 is 1.07 bits per heavy atom. The van der Waals surface area contributed by atoms with Crippen LogP contribution in [0.1, 0.15) is 16.7 Å². The highest BCUT2D eigenvalue weighted by Gasteiger charge is 2.09. The summed E-state index contributed by atoms with van der Waals surface area (Å²) in [4.78, 5) is 24.5. The third-order valence-electron chi connectivity index (χ3n) is 4.87. The van der Waals surface area contributed by atoms with Gasteiger partial charge in [0.05, 0.1) is 12.8 Å². The van der Waals surface area contributed by atoms with Crippen molar-refractivity contribution in [1.82, 2.24) is 15.1 Å². The molecule has 0 aliphatic rings. The van der Waals surface area contributed by atoms with Crippen LogP contribution in [-0.2, 0) is 17.8 Å². The largest absolute Gasteiger partial charge is 0.496 e. The summed E-state index contributed by atoms with van der Waals surface area (Å²) in [5, 5.41) is 7.21. The average Bonchev–Trinajstić information content (AvgIpc) is 2.72. The number of nitrogens with one attached hydrogen (secondary N) is 1. The van der Waals surface area contributed by atoms with E-state index in [0.717, 1.165) is 22.4 Å². The molecule has 1 amide bonds. The van der Waals surface area contributed by atoms with E-state index < -0.39 is 0 Å². The van der Waals surface area contributed by atoms with Crippen molar-refractivity contribution < 1.29 is 9.53 Å². The molecule has 0 bridgehead atoms. The molecule has 6 nitrogen and oxygen atoms in total. The number of carbonyl (C=O) groups excluding carboxylic acids is 1. The van der Waals surface area contributed by atoms with Crippen LogP contribution in [0.4, 0.5) is 0 Å². The summed E-state index contributed by atoms with van der Waals surface area (Å²) in [5.41, 5.74) is 4.63. The Bertz CT molecular complexity index is 1070. The van der Waals surface area contributed by atoms with E-state index in [0.29, 0.717) is 18.7 Å². The number of rotatable bonds is 7. The fourth-order valence-corrected chi connectivity index (χ4v) is 3.05. The molecular weight excluding hydrogens is 366 g/mol. The molecule has 2 aromatic carbocycles. The van der Waals surface area contributed by atoms with Crippen molar-refractivity contribution in [2.45, 2.75) is 26.8 Å². The molecule has 0 saturated carbocycles. The van der Waals surface area contributed by atoms with Gasteiger partial charge < -0.3 is 10.1 Å². The fourth-order valence-electron chi connectivity index (χ4n) is 3.05. The number of benzene rings is 2. The van der Waals surface area contributed by atoms with Gasteiger partial charge >= 0.3 is 0 Å². The number of para-hydroxylation sites is 1. The quantitative estimate of drug-likeness (QED) is 0.672. The molecule has 0 aliphatic carbocycles. The Kier molecular flexibility index (Phi) is 6.44. The van der Waals surface area contributed by atoms with E-state index in [4.69, 9.17) is 4.74 Å². The summed E-state index contributed by atoms with van der Waals surface area (Å²) < 4.78 is 6.51. The van der Waals surface area contributed by atoms with Crippen molar-refractivity contribution in [2.75, 3.05) is 13.7 Å². The minimum Gasteiger partial charge on any atom is -0.496 e. The molecule has 6 heteroatoms. The van der Waals surface area contributed by atoms with Crippen molar-refractivity contribution >= 4 is 5.91 Å². The number of methoxy groups -OCH3 is 1. The van der Waals surface area contributed by atoms with Gasteiger partial charge in [-0.15, -0.1) is 0 Å². The molecule has 1 aromatic heterocycles. The number of hydrogen-bond donors (Lipinski definition) is 1. The molecule has 0 radical (unpaired) electrons. The Hall–Kier alpha value is -3.41. The number of carbonyl (C=O) groups is 1. The monoisotopic (exact) mass is 391 g/mol. The normalized spacial score (nSPS) is 10.6. The number of nitrogens with zero attached hydrogens (tertiary/aromatic N) is 2. The van der Waals surface area contributed by atoms with Gasteiger partial charge in [0.25, 0.3) is 5.56 Å². The maximum absolute atomic E-state index is 12.3. The number of ether oxygens (including phenoxy) is 1. The minimum absolute atomic E-state index is 0.122. The Balaban J connectivity index is 1.65. The van der Waals surface area contributed by atoms with Crippen LogP contribution in [0.15, 0.2) is 59.4 Å². The van der Waals surface area contributed by atoms with Crippen LogP contribution >= 0.6 is 0 Å². The van der Waals surface area contributed by atoms with Crippen molar-refractivity contribution in [3.8, 4) is 17.0 Å². The van der Waals surface area contributed by atoms with Gasteiger partial charge in [-0.1, -0.05) is 30.3 Å². The third-order valence-corrected chi connectivity index (χ3v) is 4.87. The van der Waals surface area contributed by atoms with E-state index in [1.54, 1.807) is 13.2 Å². The molecule has 3 rings (SSSR count). The molecule has 150 valence electrons. The Morgan fingerprint density at radius 3 is 2.62 bits per heavy atom. The zero-order chi connectivity index (χ0) is 20.8. The second-order valence-electron chi connectivity index (χ2n) is 6.93. The SMILES string of the molecule is COc1ccccc1CCNC(=O)Cn1nc(-c2ccc(C)c(C)c2)ccc1=O. The van der Waals surface area contributed by atoms with Crippen molar-refractivity contribution in [3.63, 3.8) is 0 Å². The van der Waals surface area contributed by atoms with Gasteiger partial charge in [0.2, 0.25) is 5.91 Å². The minimum atomic E-state index is -0.308. The van der Waals surface area contributed by atoms with Gasteiger partial charge in [0.1, 0.15) is 12.3 Å². The second kappa shape index (κ2) is 9.19. The number of hydrogen-bond acceptors (Lipinski definition) is 4. The van der Waals surface area contributed by atoms with Crippen LogP contribution in [-0.4, -0.2) is 29.3 Å². The van der Waals surface area contributed by atoms with Gasteiger partial charge in [-0.2, -0.15) is 5.10 Å². The van der Waals surface area contributed by atoms with E-state index in [1.807, 2.05) is 56.3 Å². The first-order chi connectivity index (χ1) is 14.0. The smallest absolute Gasteiger partial charge is 0.267 e. The van der Waals surface area contributed by atoms with E-state index in [2.05, 4.69) is 10.4 Å². The predicted octanol–water partition coefficient (Wildman–Crippen LogP) is 2.89. The summed E-state index contributed by atoms with van der Waals surface area (Å²) >= 11 is 0. The zero-order valence-corrected chi connectivity index (χ0v) is 16.9. The molecule has 29 heavy (non-hydrogen) atoms. The number of amides is 1. The number of aryl methyl sites for hydroxylation is 2. The van der Waals surface area contributed by atoms with Crippen LogP contribution < -0.4 is 15.6 Å². The van der Waals surface area contributed by atoms with E-state index in [9.17, 15) is 9.59 Å². The molecular formula is C23H25N3O3. The van der Waals surface area contributed by atoms with Gasteiger partial charge in [-0.25, -0.2) is 4.68 Å². The van der Waals surface area contributed by atoms with Gasteiger partial charge in [0, 0.05) is 18.2 Å². The van der Waals surface area contributed by atoms with E-state index >= 15 is 0 Å². The molecule has 0 saturated heterocycles. The highest BCUT2D eigenvalue weighted by Crippen LogP contribution is 2.19. The van der Waals surface area contributed by atoms with Crippen LogP contribution in [0, 0.1) is 13.8 Å². The predicted molar refractivity (Wildman–Crippen MR) is 113 cm³/mol. The molecule has 1 heterocycles. The molecule has 1 N–H and O–H groups in total. The molecule has 0 atom stereocenters. The molecule has 0 spiro atoms. The third kappa shape index (κ3) is 5.10. The van der Waals surface area contributed by atoms with Crippen LogP contribution in [0.25, 0.3) is 11.3 Å². The first kappa shape index (κ1) is 20.3. The van der Waals surface area contributed by atoms with Crippen LogP contribution in [0.2, 0.25) is 0 Å². The van der Waals surface area contributed by atoms with Crippen molar-refractivity contribution in [1.29, 1.82) is 0 Å². The summed E-state index contributed by atoms with van der Waals surface area (Å²) in [7, 11) is 1.62. The van der Waals surface area contributed by atoms with Crippen LogP contribution in [0.3, 0.4) is 0 Å². The number of aromatic nitrogens is 2. The van der Waals surface area contributed by atoms with Gasteiger partial charge in [-0.3, -0.25) is 9.59 Å². The summed E-state index contributed by atoms with van der Waals surface area (Å²) in [5.74, 6) is 0.535. The zero-order valence-electron chi connectivity index (χ0n) is 16.9. The fraction of sp³-hybridized carbons (Fsp3) is 0.261. The van der Waals surface area contributed by atoms with Crippen LogP contribution in [0.5, 0.6) is 5.75 Å². The lowest BCUT2D eigenvalue weighted by Gasteiger charge is -2.10. The van der Waals surface area contributed by atoms with Gasteiger partial charge in [0.15, 0.2) is 0 Å². The topological polar surface area (TPSA) is 73.2 Å². The highest BCUT2D eigenvalue weighted by molar-refractivity contribution is 5.75. The van der Waals surface area contributed by atoms with Gasteiger partial charge in [-0.05, 0) is 55.2 Å². The molecule has 0 fully saturated rings. The molecule has 3 aromatic rings. The first-order valence-electron chi connectivity index (χ1n) is 9.52. The molecule has 0 aliphatic heterocycles. The maximum atomic E-state index is 12.3. The lowest BCUT2D eigenvalue weighted by atomic mass is 10.0. The Morgan fingerprint density at radius 2 is 1.86 bits per heavy atom. The second-order valence-corrected chi connectivity index (χ2v) is 6.93. The maximum Gasteiger partial charge on any atom is 0.267 e. The first-order valence-corrected chi connectivity index (χ1v) is 9.52. The summed E-state index contributed by atoms with van der Waals surface area (Å²) in [6, 6.07) is 16.8. The van der Waals surface area contributed by atoms with E-state index in [1.165, 1.54) is 16.3 Å². The van der Waals surface area contributed by atoms with E-state index in [-0.39, 0.29) is 18.0 Å². The Labute approximate surface area is 170 Å². The van der Waals surface area contributed by atoms with Crippen molar-refractivity contribution in [3.05, 3.63) is 81.6 Å². The lowest BCUT2D eigenvalue weighted by molar-refractivity contribution is -0.121. The summed E-state index contributed by atoms with van der Waals surface area (Å²) in [6.45, 7) is 4.40. The summed E-state index contributed by atoms with van der Waals surface area (Å²) in [6.07, 6.45) is 0.640. The van der Waals surface area contributed by atoms with Crippen molar-refractivity contribution in [2.24, 2.45) is 0 Å². The standard InChI is InChI=1S/C23H25N3O3/c1-16-8-9-19(14-17(16)2)20-10-11-23(28)26(25-20)15-22(27)24-13-12-18-6-4-5-7-21(18)29-3/h4-11,14H,12-13,15H2,1-3H3,(H,24,27). The lowest BCUT2D eigenvalue weighted by Crippen LogP contribution is -2.34. The highest BCUT2D eigenvalue weighted by atomic mass is 16.5.